The van der Waals surface area contributed by atoms with Crippen LogP contribution in [-0.2, 0) is 0 Å². The molecule has 0 aromatic carbocycles. The minimum absolute atomic E-state index is 0. The number of hydrogen-bond acceptors (Lipinski definition) is 3. The van der Waals surface area contributed by atoms with E-state index in [-0.39, 0.29) is 18.4 Å². The molecule has 0 fully saturated rings. The number of halogens is 1. The Kier molecular flexibility index (Phi) is 4.64. The second-order valence-electron chi connectivity index (χ2n) is 1.86. The zero-order chi connectivity index (χ0) is 6.69. The van der Waals surface area contributed by atoms with Crippen LogP contribution in [0.5, 0.6) is 0 Å². The summed E-state index contributed by atoms with van der Waals surface area (Å²) in [6, 6.07) is 4.02. The molecule has 10 heavy (non-hydrogen) atoms. The maximum Gasteiger partial charge on any atom is 0.0514 e. The minimum atomic E-state index is 0. The molecular formula is C6H11ClN2S. The maximum atomic E-state index is 5.62. The van der Waals surface area contributed by atoms with E-state index in [1.165, 1.54) is 0 Å². The molecule has 4 heteroatoms. The third kappa shape index (κ3) is 2.27. The lowest BCUT2D eigenvalue weighted by Crippen LogP contribution is -2.19. The Labute approximate surface area is 70.6 Å². The summed E-state index contributed by atoms with van der Waals surface area (Å²) in [5, 5.41) is 2.00. The molecule has 1 aromatic heterocycles. The quantitative estimate of drug-likeness (QED) is 0.714. The summed E-state index contributed by atoms with van der Waals surface area (Å²) in [6.45, 7) is 0.528. The van der Waals surface area contributed by atoms with Gasteiger partial charge in [-0.3, -0.25) is 0 Å². The van der Waals surface area contributed by atoms with Gasteiger partial charge in [0, 0.05) is 11.4 Å². The Morgan fingerprint density at radius 2 is 2.30 bits per heavy atom. The summed E-state index contributed by atoms with van der Waals surface area (Å²) in [7, 11) is 0. The average molecular weight is 179 g/mol. The first-order valence-electron chi connectivity index (χ1n) is 2.83. The molecule has 1 heterocycles. The standard InChI is InChI=1S/C6H10N2S.ClH/c7-4-5(8)6-2-1-3-9-6;/h1-3,5H,4,7-8H2;1H. The van der Waals surface area contributed by atoms with Crippen molar-refractivity contribution in [2.45, 2.75) is 6.04 Å². The van der Waals surface area contributed by atoms with Crippen molar-refractivity contribution in [3.63, 3.8) is 0 Å². The van der Waals surface area contributed by atoms with Crippen molar-refractivity contribution < 1.29 is 0 Å². The maximum absolute atomic E-state index is 5.62. The third-order valence-electron chi connectivity index (χ3n) is 1.16. The Bertz CT molecular complexity index is 164. The largest absolute Gasteiger partial charge is 0.329 e. The number of rotatable bonds is 2. The molecule has 0 aliphatic rings. The summed E-state index contributed by atoms with van der Waals surface area (Å²) in [5.74, 6) is 0. The van der Waals surface area contributed by atoms with E-state index in [0.717, 1.165) is 4.88 Å². The van der Waals surface area contributed by atoms with Crippen LogP contribution in [0.25, 0.3) is 0 Å². The van der Waals surface area contributed by atoms with Crippen molar-refractivity contribution in [3.05, 3.63) is 22.4 Å². The number of hydrogen-bond donors (Lipinski definition) is 2. The third-order valence-corrected chi connectivity index (χ3v) is 2.17. The molecule has 0 aliphatic heterocycles. The Balaban J connectivity index is 0.000000810. The lowest BCUT2D eigenvalue weighted by Gasteiger charge is -2.02. The second kappa shape index (κ2) is 4.68. The highest BCUT2D eigenvalue weighted by Crippen LogP contribution is 2.14. The highest BCUT2D eigenvalue weighted by molar-refractivity contribution is 7.10. The van der Waals surface area contributed by atoms with Gasteiger partial charge in [-0.15, -0.1) is 23.7 Å². The molecule has 1 aromatic rings. The predicted octanol–water partition coefficient (Wildman–Crippen LogP) is 1.13. The molecule has 0 radical (unpaired) electrons. The van der Waals surface area contributed by atoms with Gasteiger partial charge in [0.1, 0.15) is 0 Å². The first-order chi connectivity index (χ1) is 4.34. The monoisotopic (exact) mass is 178 g/mol. The summed E-state index contributed by atoms with van der Waals surface area (Å²) in [6.07, 6.45) is 0. The molecule has 1 rings (SSSR count). The van der Waals surface area contributed by atoms with E-state index < -0.39 is 0 Å². The van der Waals surface area contributed by atoms with Crippen molar-refractivity contribution in [3.8, 4) is 0 Å². The van der Waals surface area contributed by atoms with Crippen LogP contribution in [0.3, 0.4) is 0 Å². The average Bonchev–Trinajstić information content (AvgIpc) is 2.37. The normalized spacial score (nSPS) is 12.2. The van der Waals surface area contributed by atoms with Crippen LogP contribution in [0, 0.1) is 0 Å². The predicted molar refractivity (Wildman–Crippen MR) is 47.5 cm³/mol. The van der Waals surface area contributed by atoms with Crippen molar-refractivity contribution in [1.82, 2.24) is 0 Å². The van der Waals surface area contributed by atoms with Crippen LogP contribution in [0.1, 0.15) is 10.9 Å². The topological polar surface area (TPSA) is 52.0 Å². The van der Waals surface area contributed by atoms with Crippen molar-refractivity contribution in [1.29, 1.82) is 0 Å². The zero-order valence-corrected chi connectivity index (χ0v) is 7.12. The SMILES string of the molecule is Cl.NCC(N)c1cccs1. The van der Waals surface area contributed by atoms with Crippen molar-refractivity contribution >= 4 is 23.7 Å². The second-order valence-corrected chi connectivity index (χ2v) is 2.84. The van der Waals surface area contributed by atoms with Crippen LogP contribution in [0.4, 0.5) is 0 Å². The molecule has 0 aliphatic carbocycles. The van der Waals surface area contributed by atoms with Gasteiger partial charge in [-0.1, -0.05) is 6.07 Å². The van der Waals surface area contributed by atoms with Crippen LogP contribution >= 0.6 is 23.7 Å². The Hall–Kier alpha value is -0.0900. The molecule has 1 unspecified atom stereocenters. The van der Waals surface area contributed by atoms with Gasteiger partial charge >= 0.3 is 0 Å². The molecule has 0 saturated heterocycles. The molecule has 2 nitrogen and oxygen atoms in total. The lowest BCUT2D eigenvalue weighted by atomic mass is 10.3. The summed E-state index contributed by atoms with van der Waals surface area (Å²) >= 11 is 1.65. The van der Waals surface area contributed by atoms with Crippen LogP contribution in [-0.4, -0.2) is 6.54 Å². The molecule has 0 bridgehead atoms. The van der Waals surface area contributed by atoms with Crippen LogP contribution in [0.15, 0.2) is 17.5 Å². The van der Waals surface area contributed by atoms with Gasteiger partial charge in [-0.25, -0.2) is 0 Å². The van der Waals surface area contributed by atoms with Gasteiger partial charge in [0.2, 0.25) is 0 Å². The molecule has 0 amide bonds. The Morgan fingerprint density at radius 1 is 1.60 bits per heavy atom. The van der Waals surface area contributed by atoms with Crippen LogP contribution in [0.2, 0.25) is 0 Å². The highest BCUT2D eigenvalue weighted by atomic mass is 35.5. The van der Waals surface area contributed by atoms with E-state index in [1.54, 1.807) is 11.3 Å². The van der Waals surface area contributed by atoms with Crippen LogP contribution < -0.4 is 11.5 Å². The van der Waals surface area contributed by atoms with Gasteiger partial charge < -0.3 is 11.5 Å². The van der Waals surface area contributed by atoms with Gasteiger partial charge in [-0.05, 0) is 11.4 Å². The van der Waals surface area contributed by atoms with Crippen molar-refractivity contribution in [2.75, 3.05) is 6.54 Å². The fourth-order valence-electron chi connectivity index (χ4n) is 0.618. The fourth-order valence-corrected chi connectivity index (χ4v) is 1.36. The molecule has 0 spiro atoms. The molecule has 1 atom stereocenters. The lowest BCUT2D eigenvalue weighted by molar-refractivity contribution is 0.752. The molecule has 58 valence electrons. The minimum Gasteiger partial charge on any atom is -0.329 e. The van der Waals surface area contributed by atoms with E-state index >= 15 is 0 Å². The molecule has 0 saturated carbocycles. The van der Waals surface area contributed by atoms with E-state index in [9.17, 15) is 0 Å². The highest BCUT2D eigenvalue weighted by Gasteiger charge is 2.01. The van der Waals surface area contributed by atoms with Gasteiger partial charge in [0.25, 0.3) is 0 Å². The molecule has 4 N–H and O–H groups in total. The summed E-state index contributed by atoms with van der Waals surface area (Å²) < 4.78 is 0. The van der Waals surface area contributed by atoms with E-state index in [0.29, 0.717) is 6.54 Å². The van der Waals surface area contributed by atoms with Crippen molar-refractivity contribution in [2.24, 2.45) is 11.5 Å². The Morgan fingerprint density at radius 3 is 2.70 bits per heavy atom. The number of nitrogens with two attached hydrogens (primary N) is 2. The van der Waals surface area contributed by atoms with E-state index in [4.69, 9.17) is 11.5 Å². The smallest absolute Gasteiger partial charge is 0.0514 e. The number of thiophene rings is 1. The van der Waals surface area contributed by atoms with E-state index in [2.05, 4.69) is 0 Å². The van der Waals surface area contributed by atoms with E-state index in [1.807, 2.05) is 17.5 Å². The fraction of sp³-hybridized carbons (Fsp3) is 0.333. The zero-order valence-electron chi connectivity index (χ0n) is 5.49. The van der Waals surface area contributed by atoms with Gasteiger partial charge in [0.15, 0.2) is 0 Å². The van der Waals surface area contributed by atoms with Gasteiger partial charge in [-0.2, -0.15) is 0 Å². The first kappa shape index (κ1) is 9.91. The van der Waals surface area contributed by atoms with Gasteiger partial charge in [0.05, 0.1) is 6.04 Å². The molecular weight excluding hydrogens is 168 g/mol. The summed E-state index contributed by atoms with van der Waals surface area (Å²) in [5.41, 5.74) is 11.0. The first-order valence-corrected chi connectivity index (χ1v) is 3.71. The summed E-state index contributed by atoms with van der Waals surface area (Å²) in [4.78, 5) is 1.16.